The zero-order chi connectivity index (χ0) is 8.20. The van der Waals surface area contributed by atoms with Crippen LogP contribution in [0.1, 0.15) is 26.2 Å². The van der Waals surface area contributed by atoms with Crippen LogP contribution in [0.2, 0.25) is 0 Å². The molecule has 0 unspecified atom stereocenters. The van der Waals surface area contributed by atoms with E-state index in [9.17, 15) is 4.79 Å². The van der Waals surface area contributed by atoms with Crippen LogP contribution in [0.3, 0.4) is 0 Å². The maximum atomic E-state index is 10.7. The predicted octanol–water partition coefficient (Wildman–Crippen LogP) is 2.15. The smallest absolute Gasteiger partial charge is 0.245 e. The van der Waals surface area contributed by atoms with Gasteiger partial charge in [-0.05, 0) is 6.42 Å². The Bertz CT molecular complexity index is 125. The molecule has 0 bridgehead atoms. The minimum atomic E-state index is -0.685. The lowest BCUT2D eigenvalue weighted by Gasteiger charge is -2.14. The van der Waals surface area contributed by atoms with Crippen LogP contribution in [0.15, 0.2) is 0 Å². The van der Waals surface area contributed by atoms with Crippen molar-refractivity contribution in [1.82, 2.24) is 0 Å². The van der Waals surface area contributed by atoms with E-state index in [-0.39, 0.29) is 5.91 Å². The van der Waals surface area contributed by atoms with E-state index in [2.05, 4.69) is 38.8 Å². The Morgan fingerprint density at radius 2 is 2.10 bits per heavy atom. The van der Waals surface area contributed by atoms with Crippen LogP contribution in [0.5, 0.6) is 0 Å². The molecule has 0 aromatic rings. The summed E-state index contributed by atoms with van der Waals surface area (Å²) in [7, 11) is 0. The van der Waals surface area contributed by atoms with E-state index in [1.54, 1.807) is 0 Å². The third-order valence-corrected chi connectivity index (χ3v) is 2.78. The molecule has 2 N–H and O–H groups in total. The Hall–Kier alpha value is 0.430. The summed E-state index contributed by atoms with van der Waals surface area (Å²) in [6.07, 6.45) is 2.78. The van der Waals surface area contributed by atoms with Crippen molar-refractivity contribution >= 4 is 37.8 Å². The van der Waals surface area contributed by atoms with Crippen molar-refractivity contribution in [2.75, 3.05) is 0 Å². The third-order valence-electron chi connectivity index (χ3n) is 1.20. The minimum absolute atomic E-state index is 0.360. The van der Waals surface area contributed by atoms with Gasteiger partial charge >= 0.3 is 0 Å². The second kappa shape index (κ2) is 4.34. The first-order valence-electron chi connectivity index (χ1n) is 3.18. The largest absolute Gasteiger partial charge is 0.368 e. The molecular weight excluding hydrogens is 262 g/mol. The molecule has 2 nitrogen and oxygen atoms in total. The lowest BCUT2D eigenvalue weighted by atomic mass is 10.2. The first kappa shape index (κ1) is 10.4. The molecule has 0 aliphatic heterocycles. The number of nitrogens with two attached hydrogens (primary N) is 1. The van der Waals surface area contributed by atoms with Gasteiger partial charge in [-0.25, -0.2) is 0 Å². The van der Waals surface area contributed by atoms with E-state index in [0.29, 0.717) is 0 Å². The van der Waals surface area contributed by atoms with Crippen LogP contribution in [0.25, 0.3) is 0 Å². The van der Waals surface area contributed by atoms with E-state index in [1.807, 2.05) is 0 Å². The first-order chi connectivity index (χ1) is 4.50. The van der Waals surface area contributed by atoms with Crippen LogP contribution < -0.4 is 5.73 Å². The standard InChI is InChI=1S/C6H11Br2NO/c1-2-3-4-6(7,8)5(9)10/h2-4H2,1H3,(H2,9,10). The van der Waals surface area contributed by atoms with E-state index < -0.39 is 3.23 Å². The van der Waals surface area contributed by atoms with Gasteiger partial charge in [0.05, 0.1) is 0 Å². The number of primary amides is 1. The summed E-state index contributed by atoms with van der Waals surface area (Å²) in [6, 6.07) is 0. The Morgan fingerprint density at radius 3 is 2.40 bits per heavy atom. The number of hydrogen-bond acceptors (Lipinski definition) is 1. The summed E-state index contributed by atoms with van der Waals surface area (Å²) in [4.78, 5) is 10.7. The van der Waals surface area contributed by atoms with E-state index in [0.717, 1.165) is 19.3 Å². The molecule has 0 aromatic carbocycles. The van der Waals surface area contributed by atoms with Crippen LogP contribution >= 0.6 is 31.9 Å². The number of hydrogen-bond donors (Lipinski definition) is 1. The molecule has 60 valence electrons. The second-order valence-corrected chi connectivity index (χ2v) is 5.94. The van der Waals surface area contributed by atoms with Gasteiger partial charge in [0.2, 0.25) is 5.91 Å². The van der Waals surface area contributed by atoms with Gasteiger partial charge < -0.3 is 5.73 Å². The molecule has 0 rings (SSSR count). The van der Waals surface area contributed by atoms with Gasteiger partial charge in [0.25, 0.3) is 0 Å². The van der Waals surface area contributed by atoms with Crippen LogP contribution in [0.4, 0.5) is 0 Å². The highest BCUT2D eigenvalue weighted by Crippen LogP contribution is 2.31. The van der Waals surface area contributed by atoms with Crippen LogP contribution in [0, 0.1) is 0 Å². The Morgan fingerprint density at radius 1 is 1.60 bits per heavy atom. The highest BCUT2D eigenvalue weighted by Gasteiger charge is 2.28. The fourth-order valence-corrected chi connectivity index (χ4v) is 1.08. The molecule has 0 heterocycles. The topological polar surface area (TPSA) is 43.1 Å². The number of unbranched alkanes of at least 4 members (excludes halogenated alkanes) is 1. The monoisotopic (exact) mass is 271 g/mol. The molecule has 0 aliphatic carbocycles. The van der Waals surface area contributed by atoms with Gasteiger partial charge in [-0.15, -0.1) is 0 Å². The summed E-state index contributed by atoms with van der Waals surface area (Å²) in [6.45, 7) is 2.07. The molecule has 0 spiro atoms. The lowest BCUT2D eigenvalue weighted by Crippen LogP contribution is -2.31. The first-order valence-corrected chi connectivity index (χ1v) is 4.77. The lowest BCUT2D eigenvalue weighted by molar-refractivity contribution is -0.118. The van der Waals surface area contributed by atoms with Crippen molar-refractivity contribution in [3.05, 3.63) is 0 Å². The third kappa shape index (κ3) is 3.56. The quantitative estimate of drug-likeness (QED) is 0.783. The number of carbonyl (C=O) groups is 1. The normalized spacial score (nSPS) is 11.5. The van der Waals surface area contributed by atoms with Gasteiger partial charge in [-0.3, -0.25) is 4.79 Å². The molecule has 0 radical (unpaired) electrons. The second-order valence-electron chi connectivity index (χ2n) is 2.17. The molecule has 4 heteroatoms. The van der Waals surface area contributed by atoms with Gasteiger partial charge in [0, 0.05) is 0 Å². The van der Waals surface area contributed by atoms with Gasteiger partial charge in [0.1, 0.15) is 0 Å². The average molecular weight is 273 g/mol. The Labute approximate surface area is 77.8 Å². The van der Waals surface area contributed by atoms with Crippen molar-refractivity contribution < 1.29 is 4.79 Å². The average Bonchev–Trinajstić information content (AvgIpc) is 1.84. The number of carbonyl (C=O) groups excluding carboxylic acids is 1. The van der Waals surface area contributed by atoms with Gasteiger partial charge in [0.15, 0.2) is 3.23 Å². The zero-order valence-corrected chi connectivity index (χ0v) is 9.03. The fourth-order valence-electron chi connectivity index (χ4n) is 0.522. The Balaban J connectivity index is 3.75. The summed E-state index contributed by atoms with van der Waals surface area (Å²) in [5.41, 5.74) is 5.08. The molecule has 10 heavy (non-hydrogen) atoms. The van der Waals surface area contributed by atoms with Crippen LogP contribution in [-0.2, 0) is 4.79 Å². The van der Waals surface area contributed by atoms with Crippen molar-refractivity contribution in [2.24, 2.45) is 5.73 Å². The zero-order valence-electron chi connectivity index (χ0n) is 5.86. The maximum absolute atomic E-state index is 10.7. The molecule has 0 aromatic heterocycles. The predicted molar refractivity (Wildman–Crippen MR) is 49.3 cm³/mol. The summed E-state index contributed by atoms with van der Waals surface area (Å²) < 4.78 is -0.685. The molecule has 0 atom stereocenters. The fraction of sp³-hybridized carbons (Fsp3) is 0.833. The van der Waals surface area contributed by atoms with Gasteiger partial charge in [-0.2, -0.15) is 0 Å². The minimum Gasteiger partial charge on any atom is -0.368 e. The molecule has 0 fully saturated rings. The molecule has 0 saturated heterocycles. The summed E-state index contributed by atoms with van der Waals surface area (Å²) in [5, 5.41) is 0. The molecule has 0 saturated carbocycles. The van der Waals surface area contributed by atoms with Crippen molar-refractivity contribution in [3.63, 3.8) is 0 Å². The maximum Gasteiger partial charge on any atom is 0.245 e. The van der Waals surface area contributed by atoms with Crippen molar-refractivity contribution in [2.45, 2.75) is 29.4 Å². The summed E-state index contributed by atoms with van der Waals surface area (Å²) >= 11 is 6.38. The van der Waals surface area contributed by atoms with Crippen LogP contribution in [-0.4, -0.2) is 9.14 Å². The van der Waals surface area contributed by atoms with E-state index in [1.165, 1.54) is 0 Å². The van der Waals surface area contributed by atoms with E-state index in [4.69, 9.17) is 5.73 Å². The molecule has 0 aliphatic rings. The highest BCUT2D eigenvalue weighted by atomic mass is 79.9. The molecular formula is C6H11Br2NO. The SMILES string of the molecule is CCCCC(Br)(Br)C(N)=O. The van der Waals surface area contributed by atoms with Gasteiger partial charge in [-0.1, -0.05) is 51.6 Å². The molecule has 1 amide bonds. The van der Waals surface area contributed by atoms with E-state index >= 15 is 0 Å². The van der Waals surface area contributed by atoms with Crippen molar-refractivity contribution in [1.29, 1.82) is 0 Å². The number of alkyl halides is 2. The highest BCUT2D eigenvalue weighted by molar-refractivity contribution is 9.25. The summed E-state index contributed by atoms with van der Waals surface area (Å²) in [5.74, 6) is -0.360. The number of amides is 1. The van der Waals surface area contributed by atoms with Crippen molar-refractivity contribution in [3.8, 4) is 0 Å². The number of halogens is 2. The number of rotatable bonds is 4. The Kier molecular flexibility index (Phi) is 4.52.